The Morgan fingerprint density at radius 3 is 2.20 bits per heavy atom. The van der Waals surface area contributed by atoms with E-state index in [-0.39, 0.29) is 5.91 Å². The summed E-state index contributed by atoms with van der Waals surface area (Å²) in [5, 5.41) is 6.36. The first-order valence-corrected chi connectivity index (χ1v) is 7.43. The molecule has 1 aromatic rings. The van der Waals surface area contributed by atoms with Crippen LogP contribution in [0.3, 0.4) is 0 Å². The number of carbonyl (C=O) groups is 1. The summed E-state index contributed by atoms with van der Waals surface area (Å²) in [6.07, 6.45) is 2.37. The molecular weight excluding hydrogens is 250 g/mol. The number of nitrogens with one attached hydrogen (secondary N) is 2. The lowest BCUT2D eigenvalue weighted by molar-refractivity contribution is -0.114. The van der Waals surface area contributed by atoms with Gasteiger partial charge in [-0.3, -0.25) is 4.79 Å². The van der Waals surface area contributed by atoms with Crippen molar-refractivity contribution in [3.63, 3.8) is 0 Å². The molecule has 20 heavy (non-hydrogen) atoms. The summed E-state index contributed by atoms with van der Waals surface area (Å²) >= 11 is 0. The zero-order chi connectivity index (χ0) is 14.5. The van der Waals surface area contributed by atoms with Gasteiger partial charge >= 0.3 is 0 Å². The Bertz CT molecular complexity index is 434. The number of nitrogens with zero attached hydrogens (tertiary/aromatic N) is 1. The van der Waals surface area contributed by atoms with Crippen molar-refractivity contribution in [2.24, 2.45) is 0 Å². The van der Waals surface area contributed by atoms with Crippen LogP contribution < -0.4 is 10.6 Å². The first kappa shape index (κ1) is 14.9. The smallest absolute Gasteiger partial charge is 0.221 e. The van der Waals surface area contributed by atoms with Crippen molar-refractivity contribution in [1.29, 1.82) is 0 Å². The second-order valence-electron chi connectivity index (χ2n) is 5.81. The molecule has 0 saturated carbocycles. The van der Waals surface area contributed by atoms with Gasteiger partial charge in [0.2, 0.25) is 5.91 Å². The van der Waals surface area contributed by atoms with Gasteiger partial charge in [0, 0.05) is 43.5 Å². The highest BCUT2D eigenvalue weighted by Crippen LogP contribution is 2.19. The van der Waals surface area contributed by atoms with Crippen LogP contribution in [0.4, 0.5) is 11.4 Å². The average molecular weight is 275 g/mol. The van der Waals surface area contributed by atoms with Gasteiger partial charge in [0.05, 0.1) is 0 Å². The van der Waals surface area contributed by atoms with E-state index in [9.17, 15) is 4.79 Å². The number of carbonyl (C=O) groups excluding carboxylic acids is 1. The topological polar surface area (TPSA) is 44.4 Å². The number of likely N-dealkylation sites (tertiary alicyclic amines) is 1. The molecule has 110 valence electrons. The van der Waals surface area contributed by atoms with E-state index in [1.54, 1.807) is 0 Å². The molecule has 0 spiro atoms. The summed E-state index contributed by atoms with van der Waals surface area (Å²) in [7, 11) is 0. The summed E-state index contributed by atoms with van der Waals surface area (Å²) in [6.45, 7) is 8.37. The summed E-state index contributed by atoms with van der Waals surface area (Å²) in [5.74, 6) is -0.0354. The van der Waals surface area contributed by atoms with Crippen LogP contribution in [0.5, 0.6) is 0 Å². The molecule has 1 fully saturated rings. The molecule has 0 aromatic heterocycles. The first-order valence-electron chi connectivity index (χ1n) is 7.43. The SMILES string of the molecule is CC(=O)Nc1ccc(NC2CCN(C(C)C)CC2)cc1. The first-order chi connectivity index (χ1) is 9.54. The van der Waals surface area contributed by atoms with Crippen LogP contribution in [0, 0.1) is 0 Å². The summed E-state index contributed by atoms with van der Waals surface area (Å²) < 4.78 is 0. The average Bonchev–Trinajstić information content (AvgIpc) is 2.41. The predicted molar refractivity (Wildman–Crippen MR) is 84.1 cm³/mol. The predicted octanol–water partition coefficient (Wildman–Crippen LogP) is 2.93. The molecule has 4 heteroatoms. The zero-order valence-corrected chi connectivity index (χ0v) is 12.6. The third-order valence-electron chi connectivity index (χ3n) is 3.84. The van der Waals surface area contributed by atoms with Gasteiger partial charge in [-0.05, 0) is 51.0 Å². The summed E-state index contributed by atoms with van der Waals surface area (Å²) in [5.41, 5.74) is 1.97. The second-order valence-corrected chi connectivity index (χ2v) is 5.81. The Labute approximate surface area is 121 Å². The van der Waals surface area contributed by atoms with Gasteiger partial charge in [-0.2, -0.15) is 0 Å². The van der Waals surface area contributed by atoms with Crippen LogP contribution in [-0.2, 0) is 4.79 Å². The van der Waals surface area contributed by atoms with E-state index in [1.807, 2.05) is 24.3 Å². The zero-order valence-electron chi connectivity index (χ0n) is 12.6. The minimum Gasteiger partial charge on any atom is -0.382 e. The van der Waals surface area contributed by atoms with Crippen LogP contribution in [0.2, 0.25) is 0 Å². The molecule has 4 nitrogen and oxygen atoms in total. The minimum atomic E-state index is -0.0354. The standard InChI is InChI=1S/C16H25N3O/c1-12(2)19-10-8-16(9-11-19)18-15-6-4-14(5-7-15)17-13(3)20/h4-7,12,16,18H,8-11H2,1-3H3,(H,17,20). The molecule has 1 aliphatic rings. The molecule has 2 N–H and O–H groups in total. The Morgan fingerprint density at radius 2 is 1.70 bits per heavy atom. The van der Waals surface area contributed by atoms with E-state index in [1.165, 1.54) is 32.9 Å². The normalized spacial score (nSPS) is 17.2. The molecule has 1 amide bonds. The molecule has 1 aliphatic heterocycles. The molecule has 0 atom stereocenters. The molecule has 2 rings (SSSR count). The van der Waals surface area contributed by atoms with E-state index in [4.69, 9.17) is 0 Å². The monoisotopic (exact) mass is 275 g/mol. The molecule has 0 aliphatic carbocycles. The van der Waals surface area contributed by atoms with E-state index < -0.39 is 0 Å². The van der Waals surface area contributed by atoms with E-state index in [0.29, 0.717) is 12.1 Å². The van der Waals surface area contributed by atoms with Crippen LogP contribution in [0.1, 0.15) is 33.6 Å². The molecule has 1 saturated heterocycles. The highest BCUT2D eigenvalue weighted by molar-refractivity contribution is 5.88. The van der Waals surface area contributed by atoms with Crippen LogP contribution in [0.25, 0.3) is 0 Å². The summed E-state index contributed by atoms with van der Waals surface area (Å²) in [4.78, 5) is 13.5. The highest BCUT2D eigenvalue weighted by Gasteiger charge is 2.20. The van der Waals surface area contributed by atoms with Crippen molar-refractivity contribution in [1.82, 2.24) is 4.90 Å². The number of hydrogen-bond acceptors (Lipinski definition) is 3. The maximum Gasteiger partial charge on any atom is 0.221 e. The van der Waals surface area contributed by atoms with Gasteiger partial charge < -0.3 is 15.5 Å². The molecule has 0 unspecified atom stereocenters. The summed E-state index contributed by atoms with van der Waals surface area (Å²) in [6, 6.07) is 9.13. The van der Waals surface area contributed by atoms with E-state index in [2.05, 4.69) is 29.4 Å². The highest BCUT2D eigenvalue weighted by atomic mass is 16.1. The number of anilines is 2. The maximum absolute atomic E-state index is 11.0. The largest absolute Gasteiger partial charge is 0.382 e. The quantitative estimate of drug-likeness (QED) is 0.888. The third kappa shape index (κ3) is 4.23. The second kappa shape index (κ2) is 6.75. The lowest BCUT2D eigenvalue weighted by Crippen LogP contribution is -2.42. The van der Waals surface area contributed by atoms with E-state index >= 15 is 0 Å². The number of rotatable bonds is 4. The molecule has 1 heterocycles. The maximum atomic E-state index is 11.0. The van der Waals surface area contributed by atoms with Gasteiger partial charge in [0.15, 0.2) is 0 Å². The Balaban J connectivity index is 1.83. The van der Waals surface area contributed by atoms with Crippen molar-refractivity contribution >= 4 is 17.3 Å². The fourth-order valence-corrected chi connectivity index (χ4v) is 2.65. The van der Waals surface area contributed by atoms with Gasteiger partial charge in [-0.1, -0.05) is 0 Å². The van der Waals surface area contributed by atoms with Crippen molar-refractivity contribution in [2.75, 3.05) is 23.7 Å². The molecule has 1 aromatic carbocycles. The van der Waals surface area contributed by atoms with Gasteiger partial charge in [-0.25, -0.2) is 0 Å². The van der Waals surface area contributed by atoms with Gasteiger partial charge in [0.1, 0.15) is 0 Å². The molecule has 0 radical (unpaired) electrons. The number of hydrogen-bond donors (Lipinski definition) is 2. The van der Waals surface area contributed by atoms with E-state index in [0.717, 1.165) is 11.4 Å². The van der Waals surface area contributed by atoms with Crippen LogP contribution >= 0.6 is 0 Å². The van der Waals surface area contributed by atoms with Crippen LogP contribution in [0.15, 0.2) is 24.3 Å². The molecule has 0 bridgehead atoms. The Kier molecular flexibility index (Phi) is 5.01. The Morgan fingerprint density at radius 1 is 1.15 bits per heavy atom. The Hall–Kier alpha value is -1.55. The number of amides is 1. The van der Waals surface area contributed by atoms with Gasteiger partial charge in [0.25, 0.3) is 0 Å². The van der Waals surface area contributed by atoms with Crippen molar-refractivity contribution < 1.29 is 4.79 Å². The lowest BCUT2D eigenvalue weighted by atomic mass is 10.0. The fourth-order valence-electron chi connectivity index (χ4n) is 2.65. The number of piperidine rings is 1. The van der Waals surface area contributed by atoms with Crippen molar-refractivity contribution in [2.45, 2.75) is 45.7 Å². The van der Waals surface area contributed by atoms with Crippen LogP contribution in [-0.4, -0.2) is 36.0 Å². The van der Waals surface area contributed by atoms with Gasteiger partial charge in [-0.15, -0.1) is 0 Å². The fraction of sp³-hybridized carbons (Fsp3) is 0.562. The third-order valence-corrected chi connectivity index (χ3v) is 3.84. The lowest BCUT2D eigenvalue weighted by Gasteiger charge is -2.35. The molecular formula is C16H25N3O. The van der Waals surface area contributed by atoms with Crippen molar-refractivity contribution in [3.05, 3.63) is 24.3 Å². The minimum absolute atomic E-state index is 0.0354. The number of benzene rings is 1. The van der Waals surface area contributed by atoms with Crippen molar-refractivity contribution in [3.8, 4) is 0 Å².